The van der Waals surface area contributed by atoms with E-state index in [1.54, 1.807) is 12.1 Å². The molecule has 1 atom stereocenters. The molecular formula is C19H23NO5. The SMILES string of the molecule is COc1cc(C(C)NC(=O)OCc2ccccc2)ccc1OCCO. The quantitative estimate of drug-likeness (QED) is 0.769. The first-order valence-electron chi connectivity index (χ1n) is 8.03. The highest BCUT2D eigenvalue weighted by Gasteiger charge is 2.14. The van der Waals surface area contributed by atoms with Gasteiger partial charge >= 0.3 is 6.09 Å². The molecule has 6 nitrogen and oxygen atoms in total. The average Bonchev–Trinajstić information content (AvgIpc) is 2.65. The van der Waals surface area contributed by atoms with Crippen molar-refractivity contribution in [3.05, 3.63) is 59.7 Å². The number of aliphatic hydroxyl groups is 1. The molecule has 2 N–H and O–H groups in total. The van der Waals surface area contributed by atoms with Crippen LogP contribution in [-0.4, -0.2) is 31.5 Å². The molecule has 1 unspecified atom stereocenters. The standard InChI is InChI=1S/C19H23NO5/c1-14(20-19(22)25-13-15-6-4-3-5-7-15)16-8-9-17(24-11-10-21)18(12-16)23-2/h3-9,12,14,21H,10-11,13H2,1-2H3,(H,20,22). The summed E-state index contributed by atoms with van der Waals surface area (Å²) < 4.78 is 15.9. The second-order valence-electron chi connectivity index (χ2n) is 5.41. The summed E-state index contributed by atoms with van der Waals surface area (Å²) in [5.74, 6) is 1.08. The molecule has 2 rings (SSSR count). The normalized spacial score (nSPS) is 11.5. The number of methoxy groups -OCH3 is 1. The van der Waals surface area contributed by atoms with Crippen LogP contribution >= 0.6 is 0 Å². The average molecular weight is 345 g/mol. The molecule has 0 saturated carbocycles. The Morgan fingerprint density at radius 1 is 1.16 bits per heavy atom. The van der Waals surface area contributed by atoms with Crippen LogP contribution in [-0.2, 0) is 11.3 Å². The van der Waals surface area contributed by atoms with E-state index in [1.807, 2.05) is 43.3 Å². The lowest BCUT2D eigenvalue weighted by atomic mass is 10.1. The van der Waals surface area contributed by atoms with Gasteiger partial charge in [-0.05, 0) is 30.2 Å². The number of ether oxygens (including phenoxy) is 3. The minimum Gasteiger partial charge on any atom is -0.493 e. The zero-order valence-electron chi connectivity index (χ0n) is 14.4. The fourth-order valence-electron chi connectivity index (χ4n) is 2.25. The molecule has 0 fully saturated rings. The number of alkyl carbamates (subject to hydrolysis) is 1. The van der Waals surface area contributed by atoms with E-state index >= 15 is 0 Å². The zero-order chi connectivity index (χ0) is 18.1. The van der Waals surface area contributed by atoms with Crippen molar-refractivity contribution in [3.63, 3.8) is 0 Å². The van der Waals surface area contributed by atoms with Gasteiger partial charge in [0.15, 0.2) is 11.5 Å². The van der Waals surface area contributed by atoms with Gasteiger partial charge in [0.25, 0.3) is 0 Å². The molecule has 25 heavy (non-hydrogen) atoms. The van der Waals surface area contributed by atoms with Gasteiger partial charge in [-0.1, -0.05) is 36.4 Å². The van der Waals surface area contributed by atoms with Gasteiger partial charge in [0.1, 0.15) is 13.2 Å². The maximum absolute atomic E-state index is 11.9. The third kappa shape index (κ3) is 5.69. The van der Waals surface area contributed by atoms with E-state index in [0.29, 0.717) is 11.5 Å². The van der Waals surface area contributed by atoms with E-state index in [2.05, 4.69) is 5.32 Å². The van der Waals surface area contributed by atoms with Crippen molar-refractivity contribution >= 4 is 6.09 Å². The van der Waals surface area contributed by atoms with Crippen molar-refractivity contribution < 1.29 is 24.1 Å². The van der Waals surface area contributed by atoms with Gasteiger partial charge in [-0.3, -0.25) is 0 Å². The number of carbonyl (C=O) groups is 1. The molecule has 134 valence electrons. The van der Waals surface area contributed by atoms with E-state index in [9.17, 15) is 4.79 Å². The van der Waals surface area contributed by atoms with Gasteiger partial charge < -0.3 is 24.6 Å². The Labute approximate surface area is 147 Å². The number of benzene rings is 2. The molecule has 0 heterocycles. The Morgan fingerprint density at radius 3 is 2.60 bits per heavy atom. The molecule has 1 amide bonds. The molecule has 0 bridgehead atoms. The van der Waals surface area contributed by atoms with Gasteiger partial charge in [0.05, 0.1) is 19.8 Å². The summed E-state index contributed by atoms with van der Waals surface area (Å²) in [5.41, 5.74) is 1.78. The van der Waals surface area contributed by atoms with Gasteiger partial charge in [-0.25, -0.2) is 4.79 Å². The lowest BCUT2D eigenvalue weighted by molar-refractivity contribution is 0.136. The molecule has 2 aromatic carbocycles. The fraction of sp³-hybridized carbons (Fsp3) is 0.316. The van der Waals surface area contributed by atoms with Crippen LogP contribution < -0.4 is 14.8 Å². The van der Waals surface area contributed by atoms with E-state index in [1.165, 1.54) is 7.11 Å². The molecule has 6 heteroatoms. The molecule has 0 aromatic heterocycles. The van der Waals surface area contributed by atoms with Crippen LogP contribution in [0.15, 0.2) is 48.5 Å². The van der Waals surface area contributed by atoms with Crippen LogP contribution in [0.2, 0.25) is 0 Å². The number of aliphatic hydroxyl groups excluding tert-OH is 1. The second kappa shape index (κ2) is 9.54. The highest BCUT2D eigenvalue weighted by Crippen LogP contribution is 2.30. The van der Waals surface area contributed by atoms with Crippen molar-refractivity contribution in [2.24, 2.45) is 0 Å². The molecule has 0 saturated heterocycles. The number of hydrogen-bond acceptors (Lipinski definition) is 5. The number of rotatable bonds is 8. The summed E-state index contributed by atoms with van der Waals surface area (Å²) in [6.45, 7) is 2.19. The summed E-state index contributed by atoms with van der Waals surface area (Å²) in [6, 6.07) is 14.6. The fourth-order valence-corrected chi connectivity index (χ4v) is 2.25. The van der Waals surface area contributed by atoms with Crippen LogP contribution in [0, 0.1) is 0 Å². The summed E-state index contributed by atoms with van der Waals surface area (Å²) in [7, 11) is 1.54. The molecule has 0 aliphatic carbocycles. The van der Waals surface area contributed by atoms with E-state index in [4.69, 9.17) is 19.3 Å². The van der Waals surface area contributed by atoms with E-state index < -0.39 is 6.09 Å². The van der Waals surface area contributed by atoms with Gasteiger partial charge in [-0.15, -0.1) is 0 Å². The predicted octanol–water partition coefficient (Wildman–Crippen LogP) is 3.05. The number of nitrogens with one attached hydrogen (secondary N) is 1. The molecule has 0 spiro atoms. The third-order valence-corrected chi connectivity index (χ3v) is 3.58. The van der Waals surface area contributed by atoms with Crippen LogP contribution in [0.5, 0.6) is 11.5 Å². The summed E-state index contributed by atoms with van der Waals surface area (Å²) in [4.78, 5) is 11.9. The summed E-state index contributed by atoms with van der Waals surface area (Å²) in [6.07, 6.45) is -0.490. The number of hydrogen-bond donors (Lipinski definition) is 2. The monoisotopic (exact) mass is 345 g/mol. The maximum Gasteiger partial charge on any atom is 0.407 e. The predicted molar refractivity (Wildman–Crippen MR) is 93.8 cm³/mol. The first kappa shape index (κ1) is 18.6. The minimum absolute atomic E-state index is 0.0733. The van der Waals surface area contributed by atoms with Crippen LogP contribution in [0.3, 0.4) is 0 Å². The smallest absolute Gasteiger partial charge is 0.407 e. The zero-order valence-corrected chi connectivity index (χ0v) is 14.4. The highest BCUT2D eigenvalue weighted by molar-refractivity contribution is 5.68. The second-order valence-corrected chi connectivity index (χ2v) is 5.41. The molecular weight excluding hydrogens is 322 g/mol. The third-order valence-electron chi connectivity index (χ3n) is 3.58. The van der Waals surface area contributed by atoms with Crippen molar-refractivity contribution in [3.8, 4) is 11.5 Å². The van der Waals surface area contributed by atoms with Crippen molar-refractivity contribution in [1.29, 1.82) is 0 Å². The van der Waals surface area contributed by atoms with Gasteiger partial charge in [0.2, 0.25) is 0 Å². The minimum atomic E-state index is -0.490. The first-order valence-corrected chi connectivity index (χ1v) is 8.03. The molecule has 2 aromatic rings. The Morgan fingerprint density at radius 2 is 1.92 bits per heavy atom. The van der Waals surface area contributed by atoms with Crippen molar-refractivity contribution in [1.82, 2.24) is 5.32 Å². The first-order chi connectivity index (χ1) is 12.1. The Bertz CT molecular complexity index is 675. The summed E-state index contributed by atoms with van der Waals surface area (Å²) >= 11 is 0. The summed E-state index contributed by atoms with van der Waals surface area (Å²) in [5, 5.41) is 11.6. The van der Waals surface area contributed by atoms with Gasteiger partial charge in [-0.2, -0.15) is 0 Å². The van der Waals surface area contributed by atoms with Crippen LogP contribution in [0.4, 0.5) is 4.79 Å². The Kier molecular flexibility index (Phi) is 7.10. The van der Waals surface area contributed by atoms with Gasteiger partial charge in [0, 0.05) is 0 Å². The lowest BCUT2D eigenvalue weighted by Gasteiger charge is -2.17. The highest BCUT2D eigenvalue weighted by atomic mass is 16.5. The number of amides is 1. The largest absolute Gasteiger partial charge is 0.493 e. The Hall–Kier alpha value is -2.73. The lowest BCUT2D eigenvalue weighted by Crippen LogP contribution is -2.27. The Balaban J connectivity index is 1.92. The van der Waals surface area contributed by atoms with Crippen molar-refractivity contribution in [2.45, 2.75) is 19.6 Å². The maximum atomic E-state index is 11.9. The molecule has 0 aliphatic heterocycles. The van der Waals surface area contributed by atoms with E-state index in [0.717, 1.165) is 11.1 Å². The number of carbonyl (C=O) groups excluding carboxylic acids is 1. The van der Waals surface area contributed by atoms with E-state index in [-0.39, 0.29) is 25.9 Å². The molecule has 0 radical (unpaired) electrons. The molecule has 0 aliphatic rings. The van der Waals surface area contributed by atoms with Crippen LogP contribution in [0.25, 0.3) is 0 Å². The topological polar surface area (TPSA) is 77.0 Å². The van der Waals surface area contributed by atoms with Crippen LogP contribution in [0.1, 0.15) is 24.1 Å². The van der Waals surface area contributed by atoms with Crippen molar-refractivity contribution in [2.75, 3.05) is 20.3 Å².